The number of hydrogen-bond donors (Lipinski definition) is 1. The van der Waals surface area contributed by atoms with Crippen molar-refractivity contribution in [1.29, 1.82) is 0 Å². The van der Waals surface area contributed by atoms with Gasteiger partial charge in [0.25, 0.3) is 0 Å². The molecule has 1 saturated heterocycles. The van der Waals surface area contributed by atoms with E-state index in [9.17, 15) is 0 Å². The van der Waals surface area contributed by atoms with Gasteiger partial charge in [0.1, 0.15) is 0 Å². The SMILES string of the molecule is SCSC1CCSCS1. The zero-order chi connectivity index (χ0) is 6.53. The minimum atomic E-state index is 0.837. The summed E-state index contributed by atoms with van der Waals surface area (Å²) >= 11 is 10.3. The third kappa shape index (κ3) is 3.35. The standard InChI is InChI=1S/C5H10S4/c6-3-8-5-1-2-7-4-9-5/h5-6H,1-4H2. The zero-order valence-corrected chi connectivity index (χ0v) is 8.42. The molecule has 1 rings (SSSR count). The number of thiol groups is 1. The second-order valence-electron chi connectivity index (χ2n) is 1.71. The van der Waals surface area contributed by atoms with Crippen LogP contribution in [0, 0.1) is 0 Å². The van der Waals surface area contributed by atoms with Crippen molar-refractivity contribution in [2.75, 3.05) is 15.9 Å². The minimum absolute atomic E-state index is 0.837. The van der Waals surface area contributed by atoms with E-state index in [1.807, 2.05) is 23.5 Å². The summed E-state index contributed by atoms with van der Waals surface area (Å²) in [6.45, 7) is 0. The van der Waals surface area contributed by atoms with E-state index in [-0.39, 0.29) is 0 Å². The normalized spacial score (nSPS) is 28.3. The van der Waals surface area contributed by atoms with E-state index in [1.54, 1.807) is 0 Å². The molecule has 1 atom stereocenters. The Hall–Kier alpha value is 1.40. The lowest BCUT2D eigenvalue weighted by molar-refractivity contribution is 1.07. The monoisotopic (exact) mass is 198 g/mol. The van der Waals surface area contributed by atoms with Gasteiger partial charge >= 0.3 is 0 Å². The van der Waals surface area contributed by atoms with Gasteiger partial charge in [-0.3, -0.25) is 0 Å². The molecule has 0 aliphatic carbocycles. The lowest BCUT2D eigenvalue weighted by Crippen LogP contribution is -2.04. The molecular weight excluding hydrogens is 188 g/mol. The van der Waals surface area contributed by atoms with Crippen LogP contribution in [0.4, 0.5) is 0 Å². The van der Waals surface area contributed by atoms with Gasteiger partial charge in [0.15, 0.2) is 0 Å². The molecule has 0 bridgehead atoms. The van der Waals surface area contributed by atoms with Gasteiger partial charge in [-0.25, -0.2) is 0 Å². The van der Waals surface area contributed by atoms with Crippen molar-refractivity contribution in [2.24, 2.45) is 0 Å². The van der Waals surface area contributed by atoms with Crippen molar-refractivity contribution >= 4 is 47.9 Å². The molecule has 0 aromatic rings. The molecule has 54 valence electrons. The first kappa shape index (κ1) is 8.50. The Balaban J connectivity index is 2.08. The molecule has 1 aliphatic heterocycles. The van der Waals surface area contributed by atoms with Gasteiger partial charge in [-0.05, 0) is 12.2 Å². The van der Waals surface area contributed by atoms with E-state index < -0.39 is 0 Å². The van der Waals surface area contributed by atoms with Crippen LogP contribution >= 0.6 is 47.9 Å². The molecule has 4 heteroatoms. The number of thioether (sulfide) groups is 3. The van der Waals surface area contributed by atoms with Crippen LogP contribution in [0.3, 0.4) is 0 Å². The summed E-state index contributed by atoms with van der Waals surface area (Å²) in [5.74, 6) is 1.35. The Morgan fingerprint density at radius 3 is 3.11 bits per heavy atom. The molecule has 0 spiro atoms. The molecule has 0 radical (unpaired) electrons. The van der Waals surface area contributed by atoms with Crippen LogP contribution in [0.5, 0.6) is 0 Å². The van der Waals surface area contributed by atoms with Gasteiger partial charge in [0.05, 0.1) is 4.58 Å². The van der Waals surface area contributed by atoms with E-state index >= 15 is 0 Å². The van der Waals surface area contributed by atoms with E-state index in [0.29, 0.717) is 0 Å². The molecule has 0 amide bonds. The van der Waals surface area contributed by atoms with E-state index in [1.165, 1.54) is 17.3 Å². The molecule has 1 unspecified atom stereocenters. The molecule has 0 aromatic heterocycles. The van der Waals surface area contributed by atoms with Crippen molar-refractivity contribution in [3.05, 3.63) is 0 Å². The van der Waals surface area contributed by atoms with Crippen LogP contribution in [0.15, 0.2) is 0 Å². The fourth-order valence-electron chi connectivity index (χ4n) is 0.660. The Kier molecular flexibility index (Phi) is 4.82. The average Bonchev–Trinajstić information content (AvgIpc) is 1.91. The summed E-state index contributed by atoms with van der Waals surface area (Å²) in [7, 11) is 0. The fraction of sp³-hybridized carbons (Fsp3) is 1.00. The summed E-state index contributed by atoms with van der Waals surface area (Å²) in [5.41, 5.74) is 0. The van der Waals surface area contributed by atoms with Gasteiger partial charge in [-0.1, -0.05) is 0 Å². The number of rotatable bonds is 2. The maximum Gasteiger partial charge on any atom is 0.0526 e. The summed E-state index contributed by atoms with van der Waals surface area (Å²) in [6.07, 6.45) is 1.36. The average molecular weight is 198 g/mol. The molecule has 0 N–H and O–H groups in total. The summed E-state index contributed by atoms with van der Waals surface area (Å²) < 4.78 is 0.837. The van der Waals surface area contributed by atoms with Crippen LogP contribution in [-0.4, -0.2) is 20.5 Å². The molecule has 1 heterocycles. The maximum atomic E-state index is 4.17. The second-order valence-corrected chi connectivity index (χ2v) is 6.60. The molecular formula is C5H10S4. The molecule has 0 nitrogen and oxygen atoms in total. The van der Waals surface area contributed by atoms with Gasteiger partial charge in [-0.2, -0.15) is 24.4 Å². The van der Waals surface area contributed by atoms with Crippen LogP contribution < -0.4 is 0 Å². The van der Waals surface area contributed by atoms with Crippen molar-refractivity contribution in [2.45, 2.75) is 11.0 Å². The third-order valence-corrected chi connectivity index (χ3v) is 5.46. The molecule has 1 aliphatic rings. The van der Waals surface area contributed by atoms with Crippen LogP contribution in [0.2, 0.25) is 0 Å². The Morgan fingerprint density at radius 2 is 2.56 bits per heavy atom. The predicted octanol–water partition coefficient (Wildman–Crippen LogP) is 2.76. The molecule has 0 aromatic carbocycles. The first-order chi connectivity index (χ1) is 4.43. The summed E-state index contributed by atoms with van der Waals surface area (Å²) in [4.78, 5) is 0. The smallest absolute Gasteiger partial charge is 0.0526 e. The summed E-state index contributed by atoms with van der Waals surface area (Å²) in [6, 6.07) is 0. The molecule has 0 saturated carbocycles. The van der Waals surface area contributed by atoms with Crippen molar-refractivity contribution in [1.82, 2.24) is 0 Å². The van der Waals surface area contributed by atoms with Crippen LogP contribution in [0.25, 0.3) is 0 Å². The lowest BCUT2D eigenvalue weighted by Gasteiger charge is -2.18. The highest BCUT2D eigenvalue weighted by Crippen LogP contribution is 2.35. The lowest BCUT2D eigenvalue weighted by atomic mass is 10.6. The first-order valence-electron chi connectivity index (χ1n) is 2.85. The van der Waals surface area contributed by atoms with Crippen molar-refractivity contribution in [3.63, 3.8) is 0 Å². The zero-order valence-electron chi connectivity index (χ0n) is 5.08. The van der Waals surface area contributed by atoms with Gasteiger partial charge < -0.3 is 0 Å². The van der Waals surface area contributed by atoms with Gasteiger partial charge in [-0.15, -0.1) is 23.5 Å². The van der Waals surface area contributed by atoms with E-state index in [0.717, 1.165) is 9.67 Å². The van der Waals surface area contributed by atoms with Gasteiger partial charge in [0, 0.05) is 10.2 Å². The van der Waals surface area contributed by atoms with E-state index in [4.69, 9.17) is 0 Å². The quantitative estimate of drug-likeness (QED) is 0.536. The summed E-state index contributed by atoms with van der Waals surface area (Å²) in [5, 5.41) is 2.26. The molecule has 1 fully saturated rings. The Labute approximate surface area is 74.7 Å². The van der Waals surface area contributed by atoms with Gasteiger partial charge in [0.2, 0.25) is 0 Å². The Morgan fingerprint density at radius 1 is 1.67 bits per heavy atom. The topological polar surface area (TPSA) is 0 Å². The second kappa shape index (κ2) is 5.10. The largest absolute Gasteiger partial charge is 0.168 e. The minimum Gasteiger partial charge on any atom is -0.168 e. The van der Waals surface area contributed by atoms with Crippen LogP contribution in [-0.2, 0) is 0 Å². The fourth-order valence-corrected chi connectivity index (χ4v) is 5.49. The highest BCUT2D eigenvalue weighted by molar-refractivity contribution is 8.25. The van der Waals surface area contributed by atoms with Crippen molar-refractivity contribution in [3.8, 4) is 0 Å². The van der Waals surface area contributed by atoms with Crippen molar-refractivity contribution < 1.29 is 0 Å². The predicted molar refractivity (Wildman–Crippen MR) is 54.8 cm³/mol. The maximum absolute atomic E-state index is 4.17. The Bertz CT molecular complexity index is 66.6. The molecule has 9 heavy (non-hydrogen) atoms. The first-order valence-corrected chi connectivity index (χ1v) is 6.74. The number of hydrogen-bond acceptors (Lipinski definition) is 4. The van der Waals surface area contributed by atoms with Crippen LogP contribution in [0.1, 0.15) is 6.42 Å². The highest BCUT2D eigenvalue weighted by atomic mass is 32.2. The third-order valence-electron chi connectivity index (χ3n) is 1.10. The highest BCUT2D eigenvalue weighted by Gasteiger charge is 2.12. The van der Waals surface area contributed by atoms with E-state index in [2.05, 4.69) is 24.4 Å².